The summed E-state index contributed by atoms with van der Waals surface area (Å²) in [5.74, 6) is 0. The molecule has 134 valence electrons. The Morgan fingerprint density at radius 3 is 2.36 bits per heavy atom. The molecule has 0 atom stereocenters. The fourth-order valence-electron chi connectivity index (χ4n) is 3.62. The van der Waals surface area contributed by atoms with Crippen molar-refractivity contribution in [3.63, 3.8) is 0 Å². The van der Waals surface area contributed by atoms with Crippen LogP contribution in [0.5, 0.6) is 0 Å². The molecule has 0 bridgehead atoms. The highest BCUT2D eigenvalue weighted by Gasteiger charge is 2.21. The molecule has 0 unspecified atom stereocenters. The summed E-state index contributed by atoms with van der Waals surface area (Å²) in [6.45, 7) is 11.0. The summed E-state index contributed by atoms with van der Waals surface area (Å²) in [6, 6.07) is 11.3. The molecule has 4 heteroatoms. The third-order valence-electron chi connectivity index (χ3n) is 5.10. The Labute approximate surface area is 150 Å². The lowest BCUT2D eigenvalue weighted by Crippen LogP contribution is -2.36. The smallest absolute Gasteiger partial charge is 0.250 e. The zero-order chi connectivity index (χ0) is 18.1. The molecular weight excluding hydrogens is 310 g/mol. The number of aryl methyl sites for hydroxylation is 1. The number of pyridine rings is 1. The van der Waals surface area contributed by atoms with E-state index in [1.165, 1.54) is 16.8 Å². The van der Waals surface area contributed by atoms with E-state index < -0.39 is 0 Å². The van der Waals surface area contributed by atoms with Gasteiger partial charge in [-0.1, -0.05) is 6.07 Å². The van der Waals surface area contributed by atoms with Gasteiger partial charge in [0.25, 0.3) is 0 Å². The SMILES string of the molecule is CC(C)N1CCc2ccc(N(c3ccc(=O)n(C)c3)C(C)C)cc2C1. The van der Waals surface area contributed by atoms with Crippen LogP contribution < -0.4 is 10.5 Å². The number of rotatable bonds is 4. The predicted molar refractivity (Wildman–Crippen MR) is 105 cm³/mol. The minimum absolute atomic E-state index is 0.0190. The van der Waals surface area contributed by atoms with Crippen LogP contribution in [0.3, 0.4) is 0 Å². The predicted octanol–water partition coefficient (Wildman–Crippen LogP) is 3.70. The number of nitrogens with zero attached hydrogens (tertiary/aromatic N) is 3. The van der Waals surface area contributed by atoms with Crippen LogP contribution >= 0.6 is 0 Å². The van der Waals surface area contributed by atoms with E-state index in [0.717, 1.165) is 25.2 Å². The van der Waals surface area contributed by atoms with Gasteiger partial charge in [-0.05, 0) is 63.4 Å². The molecule has 0 aliphatic carbocycles. The lowest BCUT2D eigenvalue weighted by molar-refractivity contribution is 0.203. The maximum absolute atomic E-state index is 11.7. The van der Waals surface area contributed by atoms with E-state index in [0.29, 0.717) is 12.1 Å². The standard InChI is InChI=1S/C21H29N3O/c1-15(2)23-11-10-17-6-7-19(12-18(17)13-23)24(16(3)4)20-8-9-21(25)22(5)14-20/h6-9,12,14-16H,10-11,13H2,1-5H3. The summed E-state index contributed by atoms with van der Waals surface area (Å²) in [5, 5.41) is 0. The normalized spacial score (nSPS) is 14.8. The quantitative estimate of drug-likeness (QED) is 0.850. The van der Waals surface area contributed by atoms with Crippen molar-refractivity contribution < 1.29 is 0 Å². The van der Waals surface area contributed by atoms with E-state index in [2.05, 4.69) is 55.7 Å². The number of fused-ring (bicyclic) bond motifs is 1. The van der Waals surface area contributed by atoms with Crippen molar-refractivity contribution in [1.82, 2.24) is 9.47 Å². The first-order chi connectivity index (χ1) is 11.9. The van der Waals surface area contributed by atoms with Gasteiger partial charge in [0.1, 0.15) is 0 Å². The molecule has 0 N–H and O–H groups in total. The largest absolute Gasteiger partial charge is 0.338 e. The fourth-order valence-corrected chi connectivity index (χ4v) is 3.62. The second kappa shape index (κ2) is 7.04. The lowest BCUT2D eigenvalue weighted by atomic mass is 9.97. The van der Waals surface area contributed by atoms with Gasteiger partial charge in [-0.3, -0.25) is 9.69 Å². The number of benzene rings is 1. The van der Waals surface area contributed by atoms with Crippen molar-refractivity contribution >= 4 is 11.4 Å². The summed E-state index contributed by atoms with van der Waals surface area (Å²) in [6.07, 6.45) is 3.04. The van der Waals surface area contributed by atoms with Gasteiger partial charge in [-0.25, -0.2) is 0 Å². The van der Waals surface area contributed by atoms with Crippen LogP contribution in [0.2, 0.25) is 0 Å². The molecule has 1 aliphatic heterocycles. The van der Waals surface area contributed by atoms with Gasteiger partial charge in [0.15, 0.2) is 0 Å². The third-order valence-corrected chi connectivity index (χ3v) is 5.10. The molecule has 0 saturated carbocycles. The summed E-state index contributed by atoms with van der Waals surface area (Å²) in [5.41, 5.74) is 5.15. The monoisotopic (exact) mass is 339 g/mol. The molecule has 1 aliphatic rings. The van der Waals surface area contributed by atoms with E-state index in [9.17, 15) is 4.79 Å². The van der Waals surface area contributed by atoms with Gasteiger partial charge in [0.05, 0.1) is 5.69 Å². The summed E-state index contributed by atoms with van der Waals surface area (Å²) in [4.78, 5) is 16.6. The van der Waals surface area contributed by atoms with Gasteiger partial charge >= 0.3 is 0 Å². The maximum Gasteiger partial charge on any atom is 0.250 e. The fraction of sp³-hybridized carbons (Fsp3) is 0.476. The molecule has 1 aromatic heterocycles. The molecule has 0 fully saturated rings. The highest BCUT2D eigenvalue weighted by Crippen LogP contribution is 2.31. The molecule has 25 heavy (non-hydrogen) atoms. The van der Waals surface area contributed by atoms with Gasteiger partial charge < -0.3 is 9.47 Å². The van der Waals surface area contributed by atoms with E-state index in [1.807, 2.05) is 12.3 Å². The average molecular weight is 339 g/mol. The average Bonchev–Trinajstić information content (AvgIpc) is 2.57. The van der Waals surface area contributed by atoms with E-state index in [1.54, 1.807) is 17.7 Å². The molecular formula is C21H29N3O. The summed E-state index contributed by atoms with van der Waals surface area (Å²) < 4.78 is 1.64. The van der Waals surface area contributed by atoms with Crippen LogP contribution in [0.1, 0.15) is 38.8 Å². The molecule has 0 spiro atoms. The van der Waals surface area contributed by atoms with Gasteiger partial charge in [0.2, 0.25) is 5.56 Å². The second-order valence-electron chi connectivity index (χ2n) is 7.57. The number of hydrogen-bond acceptors (Lipinski definition) is 3. The van der Waals surface area contributed by atoms with E-state index in [4.69, 9.17) is 0 Å². The molecule has 1 aromatic carbocycles. The minimum Gasteiger partial charge on any atom is -0.338 e. The Balaban J connectivity index is 1.99. The van der Waals surface area contributed by atoms with Crippen molar-refractivity contribution in [2.45, 2.75) is 52.7 Å². The van der Waals surface area contributed by atoms with E-state index >= 15 is 0 Å². The van der Waals surface area contributed by atoms with Crippen LogP contribution in [0.4, 0.5) is 11.4 Å². The van der Waals surface area contributed by atoms with Crippen molar-refractivity contribution in [2.24, 2.45) is 7.05 Å². The molecule has 3 rings (SSSR count). The first kappa shape index (κ1) is 17.7. The number of hydrogen-bond donors (Lipinski definition) is 0. The Morgan fingerprint density at radius 2 is 1.72 bits per heavy atom. The Bertz CT molecular complexity index is 807. The van der Waals surface area contributed by atoms with Gasteiger partial charge in [-0.2, -0.15) is 0 Å². The van der Waals surface area contributed by atoms with Crippen LogP contribution in [0.25, 0.3) is 0 Å². The first-order valence-corrected chi connectivity index (χ1v) is 9.18. The zero-order valence-electron chi connectivity index (χ0n) is 16.0. The maximum atomic E-state index is 11.7. The van der Waals surface area contributed by atoms with E-state index in [-0.39, 0.29) is 5.56 Å². The zero-order valence-corrected chi connectivity index (χ0v) is 16.0. The number of anilines is 2. The highest BCUT2D eigenvalue weighted by atomic mass is 16.1. The van der Waals surface area contributed by atoms with Crippen LogP contribution in [-0.2, 0) is 20.0 Å². The molecule has 0 saturated heterocycles. The van der Waals surface area contributed by atoms with Crippen molar-refractivity contribution in [3.8, 4) is 0 Å². The molecule has 0 amide bonds. The van der Waals surface area contributed by atoms with Crippen molar-refractivity contribution in [1.29, 1.82) is 0 Å². The Hall–Kier alpha value is -2.07. The summed E-state index contributed by atoms with van der Waals surface area (Å²) in [7, 11) is 1.80. The second-order valence-corrected chi connectivity index (χ2v) is 7.57. The van der Waals surface area contributed by atoms with Gasteiger partial charge in [0, 0.05) is 50.2 Å². The van der Waals surface area contributed by atoms with Crippen molar-refractivity contribution in [3.05, 3.63) is 58.0 Å². The minimum atomic E-state index is 0.0190. The van der Waals surface area contributed by atoms with Crippen molar-refractivity contribution in [2.75, 3.05) is 11.4 Å². The molecule has 2 aromatic rings. The van der Waals surface area contributed by atoms with Crippen LogP contribution in [-0.4, -0.2) is 28.1 Å². The third kappa shape index (κ3) is 3.64. The molecule has 2 heterocycles. The van der Waals surface area contributed by atoms with Crippen LogP contribution in [0, 0.1) is 0 Å². The lowest BCUT2D eigenvalue weighted by Gasteiger charge is -2.34. The number of aromatic nitrogens is 1. The van der Waals surface area contributed by atoms with Gasteiger partial charge in [-0.15, -0.1) is 0 Å². The van der Waals surface area contributed by atoms with Crippen LogP contribution in [0.15, 0.2) is 41.3 Å². The molecule has 0 radical (unpaired) electrons. The highest BCUT2D eigenvalue weighted by molar-refractivity contribution is 5.64. The summed E-state index contributed by atoms with van der Waals surface area (Å²) >= 11 is 0. The molecule has 4 nitrogen and oxygen atoms in total. The Morgan fingerprint density at radius 1 is 1.00 bits per heavy atom. The topological polar surface area (TPSA) is 28.5 Å². The first-order valence-electron chi connectivity index (χ1n) is 9.18. The Kier molecular flexibility index (Phi) is 5.00.